The summed E-state index contributed by atoms with van der Waals surface area (Å²) in [7, 11) is 1.73. The van der Waals surface area contributed by atoms with Crippen LogP contribution in [0, 0.1) is 46.3 Å². The van der Waals surface area contributed by atoms with Gasteiger partial charge >= 0.3 is 0 Å². The molecule has 0 heterocycles. The first-order valence-electron chi connectivity index (χ1n) is 13.5. The molecule has 4 rings (SSSR count). The third kappa shape index (κ3) is 4.26. The number of fused-ring (bicyclic) bond motifs is 5. The highest BCUT2D eigenvalue weighted by molar-refractivity contribution is 5.91. The second-order valence-electron chi connectivity index (χ2n) is 12.7. The minimum Gasteiger partial charge on any atom is -0.359 e. The van der Waals surface area contributed by atoms with Crippen LogP contribution in [-0.2, 0) is 14.3 Å². The van der Waals surface area contributed by atoms with Gasteiger partial charge in [-0.25, -0.2) is 0 Å². The van der Waals surface area contributed by atoms with Gasteiger partial charge in [0, 0.05) is 13.5 Å². The van der Waals surface area contributed by atoms with E-state index >= 15 is 0 Å². The van der Waals surface area contributed by atoms with Gasteiger partial charge < -0.3 is 9.47 Å². The van der Waals surface area contributed by atoms with Crippen molar-refractivity contribution >= 4 is 5.78 Å². The largest absolute Gasteiger partial charge is 0.359 e. The maximum Gasteiger partial charge on any atom is 0.155 e. The molecule has 0 aromatic heterocycles. The van der Waals surface area contributed by atoms with E-state index in [2.05, 4.69) is 34.6 Å². The second-order valence-corrected chi connectivity index (χ2v) is 12.7. The minimum absolute atomic E-state index is 0.188. The normalized spacial score (nSPS) is 42.3. The molecule has 32 heavy (non-hydrogen) atoms. The van der Waals surface area contributed by atoms with E-state index in [-0.39, 0.29) is 11.5 Å². The zero-order valence-electron chi connectivity index (χ0n) is 21.6. The highest BCUT2D eigenvalue weighted by atomic mass is 16.7. The molecule has 0 aromatic carbocycles. The molecule has 182 valence electrons. The molecule has 0 radical (unpaired) electrons. The fourth-order valence-electron chi connectivity index (χ4n) is 8.85. The zero-order valence-corrected chi connectivity index (χ0v) is 21.6. The van der Waals surface area contributed by atoms with Crippen LogP contribution in [0.2, 0.25) is 0 Å². The second kappa shape index (κ2) is 9.53. The molecule has 4 aliphatic rings. The predicted molar refractivity (Wildman–Crippen MR) is 130 cm³/mol. The van der Waals surface area contributed by atoms with Gasteiger partial charge in [0.2, 0.25) is 0 Å². The van der Waals surface area contributed by atoms with Crippen LogP contribution in [0.5, 0.6) is 0 Å². The van der Waals surface area contributed by atoms with Gasteiger partial charge in [-0.2, -0.15) is 0 Å². The van der Waals surface area contributed by atoms with Crippen LogP contribution in [0.25, 0.3) is 0 Å². The molecular formula is C29H48O3. The number of ketones is 1. The average Bonchev–Trinajstić information content (AvgIpc) is 3.09. The molecule has 0 N–H and O–H groups in total. The van der Waals surface area contributed by atoms with E-state index in [1.54, 1.807) is 7.11 Å². The number of carbonyl (C=O) groups excluding carboxylic acids is 1. The lowest BCUT2D eigenvalue weighted by atomic mass is 9.45. The number of hydrogen-bond acceptors (Lipinski definition) is 3. The highest BCUT2D eigenvalue weighted by Gasteiger charge is 2.62. The minimum atomic E-state index is 0.188. The van der Waals surface area contributed by atoms with Gasteiger partial charge in [-0.15, -0.1) is 0 Å². The van der Waals surface area contributed by atoms with Gasteiger partial charge in [0.05, 0.1) is 6.10 Å². The summed E-state index contributed by atoms with van der Waals surface area (Å²) < 4.78 is 11.8. The molecule has 0 aromatic rings. The molecule has 4 aliphatic carbocycles. The smallest absolute Gasteiger partial charge is 0.155 e. The van der Waals surface area contributed by atoms with Gasteiger partial charge in [0.1, 0.15) is 6.79 Å². The van der Waals surface area contributed by atoms with Crippen molar-refractivity contribution in [2.24, 2.45) is 46.3 Å². The summed E-state index contributed by atoms with van der Waals surface area (Å²) in [6.45, 7) is 12.7. The van der Waals surface area contributed by atoms with E-state index in [0.29, 0.717) is 29.8 Å². The predicted octanol–water partition coefficient (Wildman–Crippen LogP) is 7.20. The van der Waals surface area contributed by atoms with Crippen molar-refractivity contribution in [3.8, 4) is 0 Å². The van der Waals surface area contributed by atoms with E-state index in [1.165, 1.54) is 50.5 Å². The summed E-state index contributed by atoms with van der Waals surface area (Å²) in [6.07, 6.45) is 14.4. The Morgan fingerprint density at radius 3 is 2.56 bits per heavy atom. The monoisotopic (exact) mass is 444 g/mol. The number of methoxy groups -OCH3 is 1. The number of hydrogen-bond donors (Lipinski definition) is 0. The van der Waals surface area contributed by atoms with Crippen LogP contribution >= 0.6 is 0 Å². The fraction of sp³-hybridized carbons (Fsp3) is 0.897. The molecule has 0 aliphatic heterocycles. The summed E-state index contributed by atoms with van der Waals surface area (Å²) in [6, 6.07) is 0. The molecule has 3 fully saturated rings. The third-order valence-corrected chi connectivity index (χ3v) is 10.6. The van der Waals surface area contributed by atoms with Crippen molar-refractivity contribution in [2.75, 3.05) is 13.9 Å². The molecule has 0 bridgehead atoms. The van der Waals surface area contributed by atoms with E-state index in [9.17, 15) is 4.79 Å². The van der Waals surface area contributed by atoms with Crippen LogP contribution < -0.4 is 0 Å². The Labute approximate surface area is 197 Å². The van der Waals surface area contributed by atoms with E-state index in [0.717, 1.165) is 42.9 Å². The molecule has 3 heteroatoms. The summed E-state index contributed by atoms with van der Waals surface area (Å²) in [5, 5.41) is 0. The van der Waals surface area contributed by atoms with Crippen LogP contribution in [0.1, 0.15) is 98.8 Å². The Morgan fingerprint density at radius 2 is 1.84 bits per heavy atom. The van der Waals surface area contributed by atoms with Crippen molar-refractivity contribution < 1.29 is 14.3 Å². The Bertz CT molecular complexity index is 711. The molecule has 8 unspecified atom stereocenters. The molecule has 3 saturated carbocycles. The van der Waals surface area contributed by atoms with Gasteiger partial charge in [-0.3, -0.25) is 4.79 Å². The molecule has 8 atom stereocenters. The first-order chi connectivity index (χ1) is 15.2. The Balaban J connectivity index is 1.58. The lowest BCUT2D eigenvalue weighted by Crippen LogP contribution is -2.56. The van der Waals surface area contributed by atoms with Crippen LogP contribution in [-0.4, -0.2) is 25.8 Å². The average molecular weight is 445 g/mol. The van der Waals surface area contributed by atoms with E-state index in [1.807, 2.05) is 6.08 Å². The zero-order chi connectivity index (χ0) is 23.1. The fourth-order valence-corrected chi connectivity index (χ4v) is 8.85. The van der Waals surface area contributed by atoms with Gasteiger partial charge in [-0.05, 0) is 90.9 Å². The van der Waals surface area contributed by atoms with Crippen molar-refractivity contribution in [3.05, 3.63) is 11.6 Å². The van der Waals surface area contributed by atoms with Gasteiger partial charge in [0.25, 0.3) is 0 Å². The molecule has 0 amide bonds. The highest BCUT2D eigenvalue weighted by Crippen LogP contribution is 2.68. The molecule has 0 spiro atoms. The lowest BCUT2D eigenvalue weighted by Gasteiger charge is -2.60. The summed E-state index contributed by atoms with van der Waals surface area (Å²) >= 11 is 0. The first kappa shape index (κ1) is 24.5. The summed E-state index contributed by atoms with van der Waals surface area (Å²) in [5.41, 5.74) is 2.00. The summed E-state index contributed by atoms with van der Waals surface area (Å²) in [5.74, 6) is 4.80. The quantitative estimate of drug-likeness (QED) is 0.371. The maximum absolute atomic E-state index is 12.3. The lowest BCUT2D eigenvalue weighted by molar-refractivity contribution is -0.165. The Morgan fingerprint density at radius 1 is 1.06 bits per heavy atom. The standard InChI is InChI=1S/C29H48O3/c1-19(2)8-7-9-20(3)23-10-11-24-27-25(13-15-29(23,24)5)28(4)14-12-22(30)16-21(28)17-26(27)32-18-31-6/h16,19-20,23-27H,7-15,17-18H2,1-6H3. The van der Waals surface area contributed by atoms with Crippen molar-refractivity contribution in [2.45, 2.75) is 105 Å². The maximum atomic E-state index is 12.3. The van der Waals surface area contributed by atoms with Crippen LogP contribution in [0.4, 0.5) is 0 Å². The van der Waals surface area contributed by atoms with Crippen molar-refractivity contribution in [1.82, 2.24) is 0 Å². The van der Waals surface area contributed by atoms with E-state index in [4.69, 9.17) is 9.47 Å². The van der Waals surface area contributed by atoms with Crippen molar-refractivity contribution in [3.63, 3.8) is 0 Å². The van der Waals surface area contributed by atoms with Crippen molar-refractivity contribution in [1.29, 1.82) is 0 Å². The first-order valence-corrected chi connectivity index (χ1v) is 13.5. The third-order valence-electron chi connectivity index (χ3n) is 10.6. The molecular weight excluding hydrogens is 396 g/mol. The Kier molecular flexibility index (Phi) is 7.28. The van der Waals surface area contributed by atoms with E-state index < -0.39 is 0 Å². The SMILES string of the molecule is COCOC1CC2=CC(=O)CCC2(C)C2CCC3(C)C(C(C)CCCC(C)C)CCC3C12. The van der Waals surface area contributed by atoms with Crippen LogP contribution in [0.15, 0.2) is 11.6 Å². The topological polar surface area (TPSA) is 35.5 Å². The summed E-state index contributed by atoms with van der Waals surface area (Å²) in [4.78, 5) is 12.3. The number of ether oxygens (including phenoxy) is 2. The Hall–Kier alpha value is -0.670. The van der Waals surface area contributed by atoms with Crippen LogP contribution in [0.3, 0.4) is 0 Å². The molecule has 3 nitrogen and oxygen atoms in total. The van der Waals surface area contributed by atoms with Gasteiger partial charge in [-0.1, -0.05) is 59.5 Å². The van der Waals surface area contributed by atoms with Gasteiger partial charge in [0.15, 0.2) is 5.78 Å². The molecule has 0 saturated heterocycles. The number of rotatable bonds is 8. The number of carbonyl (C=O) groups is 1.